The summed E-state index contributed by atoms with van der Waals surface area (Å²) in [5.74, 6) is 0.263. The van der Waals surface area contributed by atoms with E-state index in [0.29, 0.717) is 55.4 Å². The van der Waals surface area contributed by atoms with E-state index in [1.54, 1.807) is 29.0 Å². The number of amides is 1. The Morgan fingerprint density at radius 1 is 1.07 bits per heavy atom. The van der Waals surface area contributed by atoms with E-state index in [0.717, 1.165) is 24.2 Å². The molecule has 42 heavy (non-hydrogen) atoms. The molecule has 2 N–H and O–H groups in total. The number of anilines is 2. The summed E-state index contributed by atoms with van der Waals surface area (Å²) in [6.07, 6.45) is 7.90. The van der Waals surface area contributed by atoms with Crippen LogP contribution < -0.4 is 10.1 Å². The molecule has 3 heterocycles. The molecule has 0 aliphatic carbocycles. The van der Waals surface area contributed by atoms with Crippen molar-refractivity contribution in [1.82, 2.24) is 39.6 Å². The van der Waals surface area contributed by atoms with Gasteiger partial charge in [-0.05, 0) is 70.7 Å². The SMILES string of the molecule is CN(CCCCn1cc(Nc2ncc3nnn(-c4ccc(OCCCCC(=O)O)cc4)c3n2)cn1)C(=O)OC(C)(C)C. The lowest BCUT2D eigenvalue weighted by molar-refractivity contribution is -0.137. The van der Waals surface area contributed by atoms with Gasteiger partial charge in [0, 0.05) is 32.8 Å². The molecule has 0 saturated carbocycles. The zero-order valence-electron chi connectivity index (χ0n) is 24.4. The molecule has 0 saturated heterocycles. The third-order valence-electron chi connectivity index (χ3n) is 6.05. The number of carboxylic acid groups (broad SMARTS) is 1. The first-order valence-electron chi connectivity index (χ1n) is 13.8. The van der Waals surface area contributed by atoms with Gasteiger partial charge in [0.25, 0.3) is 0 Å². The molecule has 0 aliphatic rings. The van der Waals surface area contributed by atoms with E-state index < -0.39 is 11.6 Å². The summed E-state index contributed by atoms with van der Waals surface area (Å²) in [5, 5.41) is 24.7. The van der Waals surface area contributed by atoms with Crippen molar-refractivity contribution in [3.05, 3.63) is 42.9 Å². The molecule has 0 bridgehead atoms. The fourth-order valence-electron chi connectivity index (χ4n) is 3.95. The smallest absolute Gasteiger partial charge is 0.410 e. The maximum atomic E-state index is 12.1. The van der Waals surface area contributed by atoms with Crippen LogP contribution in [0.2, 0.25) is 0 Å². The highest BCUT2D eigenvalue weighted by atomic mass is 16.6. The molecule has 0 aliphatic heterocycles. The van der Waals surface area contributed by atoms with Gasteiger partial charge in [0.15, 0.2) is 11.2 Å². The lowest BCUT2D eigenvalue weighted by atomic mass is 10.2. The summed E-state index contributed by atoms with van der Waals surface area (Å²) in [4.78, 5) is 33.2. The quantitative estimate of drug-likeness (QED) is 0.203. The number of carbonyl (C=O) groups excluding carboxylic acids is 1. The van der Waals surface area contributed by atoms with Crippen LogP contribution in [0.5, 0.6) is 5.75 Å². The minimum Gasteiger partial charge on any atom is -0.494 e. The van der Waals surface area contributed by atoms with Crippen LogP contribution in [-0.4, -0.2) is 82.6 Å². The van der Waals surface area contributed by atoms with Crippen LogP contribution in [0.4, 0.5) is 16.4 Å². The number of unbranched alkanes of at least 4 members (excludes halogenated alkanes) is 2. The van der Waals surface area contributed by atoms with E-state index in [4.69, 9.17) is 14.6 Å². The number of nitrogens with one attached hydrogen (secondary N) is 1. The molecule has 14 nitrogen and oxygen atoms in total. The van der Waals surface area contributed by atoms with Crippen molar-refractivity contribution in [2.24, 2.45) is 0 Å². The van der Waals surface area contributed by atoms with Crippen LogP contribution >= 0.6 is 0 Å². The summed E-state index contributed by atoms with van der Waals surface area (Å²) >= 11 is 0. The Bertz CT molecular complexity index is 1480. The Balaban J connectivity index is 1.29. The van der Waals surface area contributed by atoms with Crippen molar-refractivity contribution >= 4 is 34.9 Å². The van der Waals surface area contributed by atoms with Crippen LogP contribution in [0.25, 0.3) is 16.9 Å². The van der Waals surface area contributed by atoms with Gasteiger partial charge in [-0.2, -0.15) is 14.8 Å². The number of carbonyl (C=O) groups is 2. The molecule has 1 aromatic carbocycles. The number of nitrogens with zero attached hydrogens (tertiary/aromatic N) is 8. The van der Waals surface area contributed by atoms with Gasteiger partial charge in [0.05, 0.1) is 30.4 Å². The molecular weight excluding hydrogens is 542 g/mol. The van der Waals surface area contributed by atoms with E-state index in [1.807, 2.05) is 55.9 Å². The molecule has 3 aromatic heterocycles. The molecule has 0 radical (unpaired) electrons. The highest BCUT2D eigenvalue weighted by Crippen LogP contribution is 2.20. The van der Waals surface area contributed by atoms with E-state index >= 15 is 0 Å². The largest absolute Gasteiger partial charge is 0.494 e. The zero-order chi connectivity index (χ0) is 30.1. The normalized spacial score (nSPS) is 11.4. The van der Waals surface area contributed by atoms with E-state index in [9.17, 15) is 9.59 Å². The number of aliphatic carboxylic acids is 1. The van der Waals surface area contributed by atoms with Crippen LogP contribution in [0.3, 0.4) is 0 Å². The Morgan fingerprint density at radius 3 is 2.60 bits per heavy atom. The molecule has 0 fully saturated rings. The van der Waals surface area contributed by atoms with Crippen LogP contribution in [0.1, 0.15) is 52.9 Å². The predicted octanol–water partition coefficient (Wildman–Crippen LogP) is 4.43. The fraction of sp³-hybridized carbons (Fsp3) is 0.464. The first-order valence-corrected chi connectivity index (χ1v) is 13.8. The molecular formula is C28H37N9O5. The van der Waals surface area contributed by atoms with Crippen LogP contribution in [-0.2, 0) is 16.1 Å². The van der Waals surface area contributed by atoms with Gasteiger partial charge in [-0.1, -0.05) is 5.21 Å². The summed E-state index contributed by atoms with van der Waals surface area (Å²) in [5.41, 5.74) is 2.07. The van der Waals surface area contributed by atoms with Gasteiger partial charge < -0.3 is 24.8 Å². The lowest BCUT2D eigenvalue weighted by Crippen LogP contribution is -2.34. The minimum absolute atomic E-state index is 0.138. The van der Waals surface area contributed by atoms with Gasteiger partial charge in [0.2, 0.25) is 5.95 Å². The second-order valence-electron chi connectivity index (χ2n) is 10.8. The minimum atomic E-state index is -0.801. The van der Waals surface area contributed by atoms with Crippen molar-refractivity contribution in [3.63, 3.8) is 0 Å². The van der Waals surface area contributed by atoms with Gasteiger partial charge in [-0.15, -0.1) is 5.10 Å². The van der Waals surface area contributed by atoms with E-state index in [-0.39, 0.29) is 12.5 Å². The first kappa shape index (κ1) is 30.2. The summed E-state index contributed by atoms with van der Waals surface area (Å²) in [7, 11) is 1.74. The van der Waals surface area contributed by atoms with Crippen molar-refractivity contribution in [2.75, 3.05) is 25.5 Å². The van der Waals surface area contributed by atoms with E-state index in [2.05, 4.69) is 30.7 Å². The molecule has 4 aromatic rings. The highest BCUT2D eigenvalue weighted by Gasteiger charge is 2.19. The van der Waals surface area contributed by atoms with Gasteiger partial charge in [-0.25, -0.2) is 9.78 Å². The number of fused-ring (bicyclic) bond motifs is 1. The average Bonchev–Trinajstić information content (AvgIpc) is 3.56. The number of ether oxygens (including phenoxy) is 2. The average molecular weight is 580 g/mol. The van der Waals surface area contributed by atoms with Gasteiger partial charge in [0.1, 0.15) is 11.4 Å². The second-order valence-corrected chi connectivity index (χ2v) is 10.8. The third kappa shape index (κ3) is 8.88. The summed E-state index contributed by atoms with van der Waals surface area (Å²) in [6.45, 7) is 7.30. The van der Waals surface area contributed by atoms with Gasteiger partial charge >= 0.3 is 12.1 Å². The highest BCUT2D eigenvalue weighted by molar-refractivity contribution is 5.72. The Hall–Kier alpha value is -4.75. The zero-order valence-corrected chi connectivity index (χ0v) is 24.4. The van der Waals surface area contributed by atoms with Crippen LogP contribution in [0, 0.1) is 0 Å². The van der Waals surface area contributed by atoms with Crippen molar-refractivity contribution in [3.8, 4) is 11.4 Å². The Labute approximate surface area is 243 Å². The summed E-state index contributed by atoms with van der Waals surface area (Å²) in [6, 6.07) is 7.35. The molecule has 1 amide bonds. The number of benzene rings is 1. The van der Waals surface area contributed by atoms with E-state index in [1.165, 1.54) is 0 Å². The standard InChI is InChI=1S/C28H37N9O5/c1-28(2,3)42-27(40)35(4)14-6-7-15-36-19-20(17-30-36)31-26-29-18-23-25(32-26)37(34-33-23)21-10-12-22(13-11-21)41-16-8-5-9-24(38)39/h10-13,17-19H,5-9,14-16H2,1-4H3,(H,38,39)(H,29,31,32). The maximum Gasteiger partial charge on any atom is 0.410 e. The number of carboxylic acids is 1. The lowest BCUT2D eigenvalue weighted by Gasteiger charge is -2.24. The topological polar surface area (TPSA) is 162 Å². The number of hydrogen-bond donors (Lipinski definition) is 2. The molecule has 14 heteroatoms. The molecule has 224 valence electrons. The number of rotatable bonds is 14. The molecule has 0 spiro atoms. The molecule has 4 rings (SSSR count). The Kier molecular flexibility index (Phi) is 9.89. The van der Waals surface area contributed by atoms with Crippen molar-refractivity contribution in [2.45, 2.75) is 65.0 Å². The number of hydrogen-bond acceptors (Lipinski definition) is 10. The first-order chi connectivity index (χ1) is 20.1. The molecule has 0 unspecified atom stereocenters. The predicted molar refractivity (Wildman–Crippen MR) is 155 cm³/mol. The van der Waals surface area contributed by atoms with Crippen molar-refractivity contribution < 1.29 is 24.2 Å². The van der Waals surface area contributed by atoms with Crippen molar-refractivity contribution in [1.29, 1.82) is 0 Å². The fourth-order valence-corrected chi connectivity index (χ4v) is 3.95. The number of aromatic nitrogens is 7. The van der Waals surface area contributed by atoms with Gasteiger partial charge in [-0.3, -0.25) is 9.48 Å². The third-order valence-corrected chi connectivity index (χ3v) is 6.05. The summed E-state index contributed by atoms with van der Waals surface area (Å²) < 4.78 is 14.5. The second kappa shape index (κ2) is 13.7. The number of aryl methyl sites for hydroxylation is 1. The monoisotopic (exact) mass is 579 g/mol. The Morgan fingerprint density at radius 2 is 1.86 bits per heavy atom. The maximum absolute atomic E-state index is 12.1. The van der Waals surface area contributed by atoms with Crippen LogP contribution in [0.15, 0.2) is 42.9 Å². The molecule has 0 atom stereocenters.